The maximum absolute atomic E-state index is 11.8. The number of carboxylic acid groups (broad SMARTS) is 1. The van der Waals surface area contributed by atoms with Crippen molar-refractivity contribution in [2.75, 3.05) is 0 Å². The van der Waals surface area contributed by atoms with E-state index >= 15 is 0 Å². The molecule has 0 spiro atoms. The van der Waals surface area contributed by atoms with E-state index in [1.54, 1.807) is 6.20 Å². The van der Waals surface area contributed by atoms with Gasteiger partial charge >= 0.3 is 17.9 Å². The van der Waals surface area contributed by atoms with Crippen molar-refractivity contribution in [2.45, 2.75) is 24.7 Å². The van der Waals surface area contributed by atoms with Crippen LogP contribution < -0.4 is 5.73 Å². The lowest BCUT2D eigenvalue weighted by molar-refractivity contribution is -0.176. The van der Waals surface area contributed by atoms with Crippen LogP contribution in [0.25, 0.3) is 10.9 Å². The van der Waals surface area contributed by atoms with Crippen molar-refractivity contribution < 1.29 is 34.4 Å². The van der Waals surface area contributed by atoms with E-state index in [9.17, 15) is 19.5 Å². The normalized spacial score (nSPS) is 14.8. The highest BCUT2D eigenvalue weighted by Gasteiger charge is 2.33. The van der Waals surface area contributed by atoms with E-state index in [1.165, 1.54) is 0 Å². The average Bonchev–Trinajstić information content (AvgIpc) is 2.96. The number of aliphatic hydroxyl groups is 2. The second-order valence-corrected chi connectivity index (χ2v) is 5.14. The third-order valence-corrected chi connectivity index (χ3v) is 3.41. The summed E-state index contributed by atoms with van der Waals surface area (Å²) in [5, 5.41) is 27.7. The molecule has 0 aliphatic carbocycles. The van der Waals surface area contributed by atoms with Crippen molar-refractivity contribution in [3.63, 3.8) is 0 Å². The third-order valence-electron chi connectivity index (χ3n) is 3.41. The third kappa shape index (κ3) is 3.77. The molecule has 0 amide bonds. The average molecular weight is 336 g/mol. The number of hydrogen-bond acceptors (Lipinski definition) is 7. The van der Waals surface area contributed by atoms with Gasteiger partial charge in [0.1, 0.15) is 6.04 Å². The molecular formula is C15H16N2O7. The molecule has 0 aliphatic rings. The van der Waals surface area contributed by atoms with Crippen molar-refractivity contribution >= 4 is 28.8 Å². The molecule has 2 rings (SSSR count). The van der Waals surface area contributed by atoms with Gasteiger partial charge < -0.3 is 30.8 Å². The van der Waals surface area contributed by atoms with Crippen molar-refractivity contribution in [3.8, 4) is 0 Å². The molecule has 0 fully saturated rings. The summed E-state index contributed by atoms with van der Waals surface area (Å²) in [7, 11) is 0. The van der Waals surface area contributed by atoms with Gasteiger partial charge in [0.2, 0.25) is 0 Å². The summed E-state index contributed by atoms with van der Waals surface area (Å²) in [5.74, 6) is -4.54. The number of benzene rings is 1. The number of ether oxygens (including phenoxy) is 1. The number of nitrogens with two attached hydrogens (primary N) is 1. The summed E-state index contributed by atoms with van der Waals surface area (Å²) in [6.45, 7) is 0. The molecule has 1 aromatic carbocycles. The van der Waals surface area contributed by atoms with Crippen LogP contribution in [0.15, 0.2) is 30.5 Å². The molecule has 1 heterocycles. The Balaban J connectivity index is 1.99. The standard InChI is InChI=1S/C15H16N2O7/c16-9(5-7-6-17-10-4-2-1-3-8(7)10)14(22)24-15(23)12(19)11(18)13(20)21/h1-4,6,9,11-12,17-19H,5,16H2,(H,20,21)/t9-,11?,12?/m0/s1. The van der Waals surface area contributed by atoms with Crippen molar-refractivity contribution in [2.24, 2.45) is 5.73 Å². The molecule has 0 aliphatic heterocycles. The lowest BCUT2D eigenvalue weighted by Crippen LogP contribution is -2.44. The van der Waals surface area contributed by atoms with Gasteiger partial charge in [-0.25, -0.2) is 14.4 Å². The van der Waals surface area contributed by atoms with Gasteiger partial charge in [0.15, 0.2) is 12.2 Å². The van der Waals surface area contributed by atoms with E-state index in [0.29, 0.717) is 0 Å². The second kappa shape index (κ2) is 7.21. The topological polar surface area (TPSA) is 163 Å². The monoisotopic (exact) mass is 336 g/mol. The van der Waals surface area contributed by atoms with Gasteiger partial charge in [-0.3, -0.25) is 0 Å². The van der Waals surface area contributed by atoms with Crippen LogP contribution >= 0.6 is 0 Å². The summed E-state index contributed by atoms with van der Waals surface area (Å²) in [4.78, 5) is 36.7. The summed E-state index contributed by atoms with van der Waals surface area (Å²) in [6, 6.07) is 6.12. The minimum absolute atomic E-state index is 0.0632. The van der Waals surface area contributed by atoms with Gasteiger partial charge in [0.05, 0.1) is 0 Å². The number of aromatic amines is 1. The highest BCUT2D eigenvalue weighted by molar-refractivity contribution is 5.93. The fourth-order valence-electron chi connectivity index (χ4n) is 2.12. The zero-order valence-corrected chi connectivity index (χ0v) is 12.4. The number of aliphatic carboxylic acids is 1. The number of aromatic nitrogens is 1. The number of para-hydroxylation sites is 1. The SMILES string of the molecule is N[C@@H](Cc1c[nH]c2ccccc12)C(=O)OC(=O)C(O)C(O)C(=O)O. The largest absolute Gasteiger partial charge is 0.479 e. The molecule has 0 radical (unpaired) electrons. The molecule has 0 bridgehead atoms. The molecular weight excluding hydrogens is 320 g/mol. The first kappa shape index (κ1) is 17.6. The number of aliphatic hydroxyl groups excluding tert-OH is 2. The van der Waals surface area contributed by atoms with E-state index in [0.717, 1.165) is 16.5 Å². The highest BCUT2D eigenvalue weighted by atomic mass is 16.6. The van der Waals surface area contributed by atoms with Gasteiger partial charge in [0.25, 0.3) is 0 Å². The predicted octanol–water partition coefficient (Wildman–Crippen LogP) is -1.09. The number of carboxylic acids is 1. The van der Waals surface area contributed by atoms with Crippen LogP contribution in [0.4, 0.5) is 0 Å². The maximum atomic E-state index is 11.8. The Labute approximate surface area is 135 Å². The Morgan fingerprint density at radius 3 is 2.46 bits per heavy atom. The molecule has 9 nitrogen and oxygen atoms in total. The number of carbonyl (C=O) groups excluding carboxylic acids is 2. The van der Waals surface area contributed by atoms with E-state index in [-0.39, 0.29) is 6.42 Å². The van der Waals surface area contributed by atoms with Crippen LogP contribution in [0.5, 0.6) is 0 Å². The molecule has 0 saturated heterocycles. The summed E-state index contributed by atoms with van der Waals surface area (Å²) >= 11 is 0. The van der Waals surface area contributed by atoms with Crippen molar-refractivity contribution in [3.05, 3.63) is 36.0 Å². The summed E-state index contributed by atoms with van der Waals surface area (Å²) in [5.41, 5.74) is 7.26. The number of hydrogen-bond donors (Lipinski definition) is 5. The first-order chi connectivity index (χ1) is 11.3. The first-order valence-electron chi connectivity index (χ1n) is 6.96. The molecule has 6 N–H and O–H groups in total. The van der Waals surface area contributed by atoms with Gasteiger partial charge in [-0.2, -0.15) is 0 Å². The molecule has 128 valence electrons. The fourth-order valence-corrected chi connectivity index (χ4v) is 2.12. The number of esters is 2. The lowest BCUT2D eigenvalue weighted by atomic mass is 10.1. The molecule has 24 heavy (non-hydrogen) atoms. The summed E-state index contributed by atoms with van der Waals surface area (Å²) in [6.07, 6.45) is -3.04. The minimum Gasteiger partial charge on any atom is -0.479 e. The minimum atomic E-state index is -2.39. The Morgan fingerprint density at radius 1 is 1.12 bits per heavy atom. The van der Waals surface area contributed by atoms with E-state index in [2.05, 4.69) is 9.72 Å². The maximum Gasteiger partial charge on any atom is 0.346 e. The second-order valence-electron chi connectivity index (χ2n) is 5.14. The van der Waals surface area contributed by atoms with Crippen LogP contribution in [0.3, 0.4) is 0 Å². The lowest BCUT2D eigenvalue weighted by Gasteiger charge is -2.14. The molecule has 2 aromatic rings. The molecule has 0 saturated carbocycles. The van der Waals surface area contributed by atoms with E-state index < -0.39 is 36.2 Å². The molecule has 2 unspecified atom stereocenters. The highest BCUT2D eigenvalue weighted by Crippen LogP contribution is 2.19. The van der Waals surface area contributed by atoms with Crippen LogP contribution in [0.2, 0.25) is 0 Å². The number of rotatable bonds is 6. The molecule has 9 heteroatoms. The van der Waals surface area contributed by atoms with E-state index in [4.69, 9.17) is 15.9 Å². The number of nitrogens with one attached hydrogen (secondary N) is 1. The molecule has 3 atom stereocenters. The first-order valence-corrected chi connectivity index (χ1v) is 6.96. The smallest absolute Gasteiger partial charge is 0.346 e. The zero-order valence-electron chi connectivity index (χ0n) is 12.4. The van der Waals surface area contributed by atoms with E-state index in [1.807, 2.05) is 24.3 Å². The van der Waals surface area contributed by atoms with Crippen molar-refractivity contribution in [1.82, 2.24) is 4.98 Å². The summed E-state index contributed by atoms with van der Waals surface area (Å²) < 4.78 is 4.32. The number of carbonyl (C=O) groups is 3. The van der Waals surface area contributed by atoms with Crippen molar-refractivity contribution in [1.29, 1.82) is 0 Å². The van der Waals surface area contributed by atoms with Crippen LogP contribution in [0.1, 0.15) is 5.56 Å². The fraction of sp³-hybridized carbons (Fsp3) is 0.267. The Hall–Kier alpha value is -2.75. The Bertz CT molecular complexity index is 770. The Morgan fingerprint density at radius 2 is 1.79 bits per heavy atom. The molecule has 1 aromatic heterocycles. The number of fused-ring (bicyclic) bond motifs is 1. The van der Waals surface area contributed by atoms with Gasteiger partial charge in [0, 0.05) is 23.5 Å². The van der Waals surface area contributed by atoms with Gasteiger partial charge in [-0.15, -0.1) is 0 Å². The quantitative estimate of drug-likeness (QED) is 0.328. The predicted molar refractivity (Wildman–Crippen MR) is 80.7 cm³/mol. The van der Waals surface area contributed by atoms with Gasteiger partial charge in [-0.1, -0.05) is 18.2 Å². The Kier molecular flexibility index (Phi) is 5.29. The number of H-pyrrole nitrogens is 1. The van der Waals surface area contributed by atoms with Gasteiger partial charge in [-0.05, 0) is 11.6 Å². The van der Waals surface area contributed by atoms with Crippen LogP contribution in [-0.2, 0) is 25.5 Å². The van der Waals surface area contributed by atoms with Crippen LogP contribution in [0, 0.1) is 0 Å². The zero-order chi connectivity index (χ0) is 17.9. The van der Waals surface area contributed by atoms with Crippen LogP contribution in [-0.4, -0.2) is 56.5 Å².